The summed E-state index contributed by atoms with van der Waals surface area (Å²) in [5.74, 6) is 0.582. The minimum atomic E-state index is -0.302. The molecule has 2 aromatic rings. The fourth-order valence-electron chi connectivity index (χ4n) is 3.63. The van der Waals surface area contributed by atoms with Gasteiger partial charge >= 0.3 is 0 Å². The predicted molar refractivity (Wildman–Crippen MR) is 68.5 cm³/mol. The van der Waals surface area contributed by atoms with Gasteiger partial charge in [0.15, 0.2) is 11.2 Å². The molecule has 0 saturated heterocycles. The Morgan fingerprint density at radius 2 is 2.47 bits per heavy atom. The van der Waals surface area contributed by atoms with E-state index in [-0.39, 0.29) is 29.6 Å². The summed E-state index contributed by atoms with van der Waals surface area (Å²) in [5.41, 5.74) is 6.28. The molecular weight excluding hydrogens is 246 g/mol. The number of aliphatic hydroxyl groups excluding tert-OH is 1. The van der Waals surface area contributed by atoms with Gasteiger partial charge in [-0.2, -0.15) is 4.98 Å². The van der Waals surface area contributed by atoms with Crippen LogP contribution in [0.5, 0.6) is 0 Å². The van der Waals surface area contributed by atoms with Gasteiger partial charge < -0.3 is 15.4 Å². The maximum Gasteiger partial charge on any atom is 0.280 e. The third-order valence-corrected chi connectivity index (χ3v) is 4.78. The Hall–Kier alpha value is -1.89. The zero-order valence-corrected chi connectivity index (χ0v) is 10.3. The number of aromatic nitrogens is 4. The Labute approximate surface area is 108 Å². The minimum absolute atomic E-state index is 0.105. The highest BCUT2D eigenvalue weighted by Crippen LogP contribution is 2.67. The third kappa shape index (κ3) is 1.33. The molecule has 0 radical (unpaired) electrons. The summed E-state index contributed by atoms with van der Waals surface area (Å²) in [7, 11) is 0. The molecule has 0 spiro atoms. The molecule has 0 aromatic carbocycles. The fourth-order valence-corrected chi connectivity index (χ4v) is 3.63. The number of H-pyrrole nitrogens is 1. The highest BCUT2D eigenvalue weighted by molar-refractivity contribution is 5.70. The van der Waals surface area contributed by atoms with Crippen molar-refractivity contribution in [2.24, 2.45) is 11.3 Å². The van der Waals surface area contributed by atoms with E-state index in [0.717, 1.165) is 19.3 Å². The SMILES string of the molecule is Nc1nc2c(ncn2[C@H]2CC[C@]3(CO)C[C@H]23)c(=O)[nH]1. The summed E-state index contributed by atoms with van der Waals surface area (Å²) in [6.07, 6.45) is 4.73. The second kappa shape index (κ2) is 3.36. The first-order valence-corrected chi connectivity index (χ1v) is 6.48. The molecule has 7 heteroatoms. The Balaban J connectivity index is 1.83. The number of nitrogens with two attached hydrogens (primary N) is 1. The monoisotopic (exact) mass is 261 g/mol. The van der Waals surface area contributed by atoms with Crippen LogP contribution in [0.25, 0.3) is 11.2 Å². The lowest BCUT2D eigenvalue weighted by molar-refractivity contribution is 0.205. The Morgan fingerprint density at radius 3 is 3.16 bits per heavy atom. The summed E-state index contributed by atoms with van der Waals surface area (Å²) in [4.78, 5) is 22.5. The number of nitrogen functional groups attached to an aromatic ring is 1. The molecule has 2 aromatic heterocycles. The molecule has 2 heterocycles. The van der Waals surface area contributed by atoms with Crippen LogP contribution in [-0.2, 0) is 0 Å². The van der Waals surface area contributed by atoms with Gasteiger partial charge in [-0.05, 0) is 30.6 Å². The van der Waals surface area contributed by atoms with Crippen molar-refractivity contribution >= 4 is 17.1 Å². The number of aliphatic hydroxyl groups is 1. The molecule has 2 fully saturated rings. The second-order valence-corrected chi connectivity index (χ2v) is 5.71. The molecule has 19 heavy (non-hydrogen) atoms. The van der Waals surface area contributed by atoms with Crippen LogP contribution in [0.3, 0.4) is 0 Å². The van der Waals surface area contributed by atoms with Gasteiger partial charge in [-0.1, -0.05) is 0 Å². The summed E-state index contributed by atoms with van der Waals surface area (Å²) < 4.78 is 1.95. The standard InChI is InChI=1S/C12H15N5O2/c13-11-15-9-8(10(19)16-11)14-5-17(9)7-1-2-12(4-18)3-6(7)12/h5-7,18H,1-4H2,(H3,13,15,16,19)/t6-,7+,12-/m1/s1. The third-order valence-electron chi connectivity index (χ3n) is 4.78. The van der Waals surface area contributed by atoms with Crippen LogP contribution in [0.1, 0.15) is 25.3 Å². The van der Waals surface area contributed by atoms with Gasteiger partial charge in [-0.3, -0.25) is 9.78 Å². The van der Waals surface area contributed by atoms with E-state index in [9.17, 15) is 9.90 Å². The number of rotatable bonds is 2. The molecule has 0 amide bonds. The van der Waals surface area contributed by atoms with Crippen LogP contribution in [0.2, 0.25) is 0 Å². The van der Waals surface area contributed by atoms with Gasteiger partial charge in [0.05, 0.1) is 6.33 Å². The number of hydrogen-bond acceptors (Lipinski definition) is 5. The van der Waals surface area contributed by atoms with Crippen LogP contribution < -0.4 is 11.3 Å². The van der Waals surface area contributed by atoms with Crippen molar-refractivity contribution < 1.29 is 5.11 Å². The predicted octanol–water partition coefficient (Wildman–Crippen LogP) is 0.0353. The lowest BCUT2D eigenvalue weighted by atomic mass is 10.1. The highest BCUT2D eigenvalue weighted by atomic mass is 16.3. The van der Waals surface area contributed by atoms with Crippen molar-refractivity contribution in [3.05, 3.63) is 16.7 Å². The molecule has 4 rings (SSSR count). The van der Waals surface area contributed by atoms with Crippen molar-refractivity contribution in [2.45, 2.75) is 25.3 Å². The van der Waals surface area contributed by atoms with Gasteiger partial charge in [-0.25, -0.2) is 4.98 Å². The zero-order valence-electron chi connectivity index (χ0n) is 10.3. The van der Waals surface area contributed by atoms with E-state index in [1.165, 1.54) is 0 Å². The number of nitrogens with one attached hydrogen (secondary N) is 1. The van der Waals surface area contributed by atoms with E-state index in [2.05, 4.69) is 15.0 Å². The summed E-state index contributed by atoms with van der Waals surface area (Å²) in [6, 6.07) is 0.269. The Kier molecular flexibility index (Phi) is 1.94. The van der Waals surface area contributed by atoms with Gasteiger partial charge in [0.2, 0.25) is 5.95 Å². The first-order valence-electron chi connectivity index (χ1n) is 6.48. The van der Waals surface area contributed by atoms with Crippen LogP contribution in [-0.4, -0.2) is 31.2 Å². The van der Waals surface area contributed by atoms with Crippen LogP contribution in [0, 0.1) is 11.3 Å². The quantitative estimate of drug-likeness (QED) is 0.706. The molecule has 4 N–H and O–H groups in total. The number of nitrogens with zero attached hydrogens (tertiary/aromatic N) is 3. The first-order chi connectivity index (χ1) is 9.14. The maximum absolute atomic E-state index is 11.7. The first kappa shape index (κ1) is 11.0. The van der Waals surface area contributed by atoms with Crippen molar-refractivity contribution in [3.8, 4) is 0 Å². The van der Waals surface area contributed by atoms with Crippen molar-refractivity contribution in [3.63, 3.8) is 0 Å². The summed E-state index contributed by atoms with van der Waals surface area (Å²) in [5, 5.41) is 9.47. The lowest BCUT2D eigenvalue weighted by Crippen LogP contribution is -2.14. The molecule has 100 valence electrons. The van der Waals surface area contributed by atoms with Gasteiger partial charge in [-0.15, -0.1) is 0 Å². The van der Waals surface area contributed by atoms with Gasteiger partial charge in [0.25, 0.3) is 5.56 Å². The summed E-state index contributed by atoms with van der Waals surface area (Å²) in [6.45, 7) is 0.247. The fraction of sp³-hybridized carbons (Fsp3) is 0.583. The molecule has 2 saturated carbocycles. The molecular formula is C12H15N5O2. The largest absolute Gasteiger partial charge is 0.396 e. The second-order valence-electron chi connectivity index (χ2n) is 5.71. The molecule has 0 bridgehead atoms. The normalized spacial score (nSPS) is 32.7. The number of aromatic amines is 1. The van der Waals surface area contributed by atoms with Crippen molar-refractivity contribution in [2.75, 3.05) is 12.3 Å². The van der Waals surface area contributed by atoms with E-state index in [1.807, 2.05) is 4.57 Å². The van der Waals surface area contributed by atoms with E-state index >= 15 is 0 Å². The van der Waals surface area contributed by atoms with E-state index < -0.39 is 0 Å². The molecule has 7 nitrogen and oxygen atoms in total. The number of imidazole rings is 1. The summed E-state index contributed by atoms with van der Waals surface area (Å²) >= 11 is 0. The van der Waals surface area contributed by atoms with E-state index in [4.69, 9.17) is 5.73 Å². The Morgan fingerprint density at radius 1 is 1.63 bits per heavy atom. The highest BCUT2D eigenvalue weighted by Gasteiger charge is 2.61. The minimum Gasteiger partial charge on any atom is -0.396 e. The molecule has 2 aliphatic carbocycles. The van der Waals surface area contributed by atoms with Gasteiger partial charge in [0, 0.05) is 12.6 Å². The zero-order chi connectivity index (χ0) is 13.2. The van der Waals surface area contributed by atoms with Crippen LogP contribution in [0.15, 0.2) is 11.1 Å². The molecule has 2 aliphatic rings. The van der Waals surface area contributed by atoms with E-state index in [0.29, 0.717) is 17.1 Å². The topological polar surface area (TPSA) is 110 Å². The maximum atomic E-state index is 11.7. The average Bonchev–Trinajstić information content (AvgIpc) is 2.76. The number of anilines is 1. The molecule has 3 atom stereocenters. The van der Waals surface area contributed by atoms with Crippen LogP contribution in [0.4, 0.5) is 5.95 Å². The smallest absolute Gasteiger partial charge is 0.280 e. The molecule has 0 aliphatic heterocycles. The van der Waals surface area contributed by atoms with Crippen LogP contribution >= 0.6 is 0 Å². The number of fused-ring (bicyclic) bond motifs is 2. The Bertz CT molecular complexity index is 720. The lowest BCUT2D eigenvalue weighted by Gasteiger charge is -2.13. The number of hydrogen-bond donors (Lipinski definition) is 3. The molecule has 0 unspecified atom stereocenters. The van der Waals surface area contributed by atoms with E-state index in [1.54, 1.807) is 6.33 Å². The van der Waals surface area contributed by atoms with Crippen molar-refractivity contribution in [1.29, 1.82) is 0 Å². The van der Waals surface area contributed by atoms with Crippen molar-refractivity contribution in [1.82, 2.24) is 19.5 Å². The average molecular weight is 261 g/mol. The van der Waals surface area contributed by atoms with Gasteiger partial charge in [0.1, 0.15) is 0 Å².